The third-order valence-corrected chi connectivity index (χ3v) is 3.48. The zero-order chi connectivity index (χ0) is 16.1. The minimum absolute atomic E-state index is 0.00890. The average molecular weight is 310 g/mol. The number of morpholine rings is 1. The van der Waals surface area contributed by atoms with Gasteiger partial charge in [-0.05, 0) is 26.0 Å². The summed E-state index contributed by atoms with van der Waals surface area (Å²) < 4.78 is 16.3. The first-order chi connectivity index (χ1) is 10.6. The fraction of sp³-hybridized carbons (Fsp3) is 0.600. The molecule has 1 aromatic rings. The van der Waals surface area contributed by atoms with E-state index in [9.17, 15) is 10.1 Å². The Morgan fingerprint density at radius 1 is 1.45 bits per heavy atom. The fourth-order valence-corrected chi connectivity index (χ4v) is 2.74. The molecular weight excluding hydrogens is 288 g/mol. The number of nitrogens with zero attached hydrogens (tertiary/aromatic N) is 2. The minimum atomic E-state index is -0.383. The highest BCUT2D eigenvalue weighted by atomic mass is 16.6. The lowest BCUT2D eigenvalue weighted by Crippen LogP contribution is -2.48. The molecule has 0 radical (unpaired) electrons. The predicted molar refractivity (Wildman–Crippen MR) is 82.7 cm³/mol. The second kappa shape index (κ2) is 7.42. The zero-order valence-corrected chi connectivity index (χ0v) is 13.2. The van der Waals surface area contributed by atoms with Crippen LogP contribution in [0.25, 0.3) is 0 Å². The average Bonchev–Trinajstić information content (AvgIpc) is 2.47. The van der Waals surface area contributed by atoms with Gasteiger partial charge in [0.1, 0.15) is 5.69 Å². The monoisotopic (exact) mass is 310 g/mol. The van der Waals surface area contributed by atoms with E-state index in [1.807, 2.05) is 18.7 Å². The highest BCUT2D eigenvalue weighted by Gasteiger charge is 2.31. The van der Waals surface area contributed by atoms with Gasteiger partial charge < -0.3 is 19.1 Å². The van der Waals surface area contributed by atoms with Crippen LogP contribution in [-0.4, -0.2) is 50.5 Å². The van der Waals surface area contributed by atoms with Crippen molar-refractivity contribution in [3.8, 4) is 5.75 Å². The highest BCUT2D eigenvalue weighted by molar-refractivity contribution is 5.70. The summed E-state index contributed by atoms with van der Waals surface area (Å²) in [6.45, 7) is 5.75. The van der Waals surface area contributed by atoms with E-state index in [2.05, 4.69) is 0 Å². The van der Waals surface area contributed by atoms with Gasteiger partial charge in [-0.25, -0.2) is 0 Å². The van der Waals surface area contributed by atoms with Crippen molar-refractivity contribution in [2.75, 3.05) is 38.3 Å². The van der Waals surface area contributed by atoms with Crippen molar-refractivity contribution in [2.24, 2.45) is 0 Å². The molecule has 22 heavy (non-hydrogen) atoms. The first kappa shape index (κ1) is 16.5. The Kier molecular flexibility index (Phi) is 5.57. The second-order valence-corrected chi connectivity index (χ2v) is 5.24. The van der Waals surface area contributed by atoms with E-state index >= 15 is 0 Å². The standard InChI is InChI=1S/C15H22N2O5/c1-4-21-14-7-5-6-13(15(14)17(18)19)16-8-11(2)22-12(9-16)10-20-3/h5-7,11-12H,4,8-10H2,1-3H3. The number of rotatable bonds is 6. The van der Waals surface area contributed by atoms with E-state index in [0.717, 1.165) is 0 Å². The molecule has 7 nitrogen and oxygen atoms in total. The number of ether oxygens (including phenoxy) is 3. The van der Waals surface area contributed by atoms with Crippen molar-refractivity contribution < 1.29 is 19.1 Å². The highest BCUT2D eigenvalue weighted by Crippen LogP contribution is 2.38. The Morgan fingerprint density at radius 3 is 2.86 bits per heavy atom. The number of benzene rings is 1. The van der Waals surface area contributed by atoms with Crippen LogP contribution in [0.2, 0.25) is 0 Å². The molecule has 0 bridgehead atoms. The maximum atomic E-state index is 11.5. The van der Waals surface area contributed by atoms with Gasteiger partial charge in [-0.15, -0.1) is 0 Å². The molecule has 1 heterocycles. The van der Waals surface area contributed by atoms with Crippen LogP contribution in [0.3, 0.4) is 0 Å². The summed E-state index contributed by atoms with van der Waals surface area (Å²) in [4.78, 5) is 13.1. The zero-order valence-electron chi connectivity index (χ0n) is 13.2. The molecule has 1 fully saturated rings. The van der Waals surface area contributed by atoms with Gasteiger partial charge in [0, 0.05) is 20.2 Å². The van der Waals surface area contributed by atoms with Crippen LogP contribution in [0.4, 0.5) is 11.4 Å². The van der Waals surface area contributed by atoms with Crippen molar-refractivity contribution in [3.05, 3.63) is 28.3 Å². The van der Waals surface area contributed by atoms with Crippen molar-refractivity contribution in [2.45, 2.75) is 26.1 Å². The SMILES string of the molecule is CCOc1cccc(N2CC(C)OC(COC)C2)c1[N+](=O)[O-]. The summed E-state index contributed by atoms with van der Waals surface area (Å²) >= 11 is 0. The Morgan fingerprint density at radius 2 is 2.23 bits per heavy atom. The summed E-state index contributed by atoms with van der Waals surface area (Å²) in [5.74, 6) is 0.299. The van der Waals surface area contributed by atoms with Gasteiger partial charge in [-0.2, -0.15) is 0 Å². The molecule has 122 valence electrons. The first-order valence-electron chi connectivity index (χ1n) is 7.36. The molecule has 1 saturated heterocycles. The second-order valence-electron chi connectivity index (χ2n) is 5.24. The Hall–Kier alpha value is -1.86. The molecule has 1 aliphatic heterocycles. The lowest BCUT2D eigenvalue weighted by Gasteiger charge is -2.37. The molecular formula is C15H22N2O5. The van der Waals surface area contributed by atoms with Crippen molar-refractivity contribution in [1.29, 1.82) is 0 Å². The van der Waals surface area contributed by atoms with Crippen LogP contribution < -0.4 is 9.64 Å². The van der Waals surface area contributed by atoms with E-state index in [-0.39, 0.29) is 22.8 Å². The van der Waals surface area contributed by atoms with E-state index < -0.39 is 0 Å². The van der Waals surface area contributed by atoms with Crippen LogP contribution in [0, 0.1) is 10.1 Å². The van der Waals surface area contributed by atoms with Crippen molar-refractivity contribution >= 4 is 11.4 Å². The van der Waals surface area contributed by atoms with Gasteiger partial charge >= 0.3 is 5.69 Å². The Bertz CT molecular complexity index is 523. The maximum absolute atomic E-state index is 11.5. The third-order valence-electron chi connectivity index (χ3n) is 3.48. The largest absolute Gasteiger partial charge is 0.487 e. The minimum Gasteiger partial charge on any atom is -0.487 e. The topological polar surface area (TPSA) is 74.1 Å². The molecule has 1 aromatic carbocycles. The van der Waals surface area contributed by atoms with Gasteiger partial charge in [0.15, 0.2) is 5.75 Å². The van der Waals surface area contributed by atoms with E-state index in [1.165, 1.54) is 0 Å². The smallest absolute Gasteiger partial charge is 0.333 e. The Balaban J connectivity index is 2.34. The number of nitro groups is 1. The predicted octanol–water partition coefficient (Wildman–Crippen LogP) is 2.23. The number of para-hydroxylation sites is 1. The van der Waals surface area contributed by atoms with Gasteiger partial charge in [-0.1, -0.05) is 6.07 Å². The summed E-state index contributed by atoms with van der Waals surface area (Å²) in [5.41, 5.74) is 0.571. The number of hydrogen-bond acceptors (Lipinski definition) is 6. The van der Waals surface area contributed by atoms with Gasteiger partial charge in [-0.3, -0.25) is 10.1 Å². The number of anilines is 1. The van der Waals surface area contributed by atoms with Gasteiger partial charge in [0.25, 0.3) is 0 Å². The van der Waals surface area contributed by atoms with E-state index in [4.69, 9.17) is 14.2 Å². The third kappa shape index (κ3) is 3.66. The van der Waals surface area contributed by atoms with Crippen LogP contribution in [-0.2, 0) is 9.47 Å². The van der Waals surface area contributed by atoms with E-state index in [0.29, 0.717) is 37.7 Å². The number of nitro benzene ring substituents is 1. The van der Waals surface area contributed by atoms with Crippen LogP contribution in [0.5, 0.6) is 5.75 Å². The Labute approximate surface area is 129 Å². The lowest BCUT2D eigenvalue weighted by molar-refractivity contribution is -0.385. The van der Waals surface area contributed by atoms with Gasteiger partial charge in [0.2, 0.25) is 0 Å². The molecule has 2 atom stereocenters. The lowest BCUT2D eigenvalue weighted by atomic mass is 10.1. The van der Waals surface area contributed by atoms with Crippen molar-refractivity contribution in [3.63, 3.8) is 0 Å². The molecule has 0 N–H and O–H groups in total. The molecule has 1 aliphatic rings. The summed E-state index contributed by atoms with van der Waals surface area (Å²) in [7, 11) is 1.62. The summed E-state index contributed by atoms with van der Waals surface area (Å²) in [6.07, 6.45) is -0.131. The fourth-order valence-electron chi connectivity index (χ4n) is 2.74. The molecule has 0 aliphatic carbocycles. The molecule has 0 saturated carbocycles. The maximum Gasteiger partial charge on any atom is 0.333 e. The van der Waals surface area contributed by atoms with Crippen LogP contribution in [0.15, 0.2) is 18.2 Å². The number of hydrogen-bond donors (Lipinski definition) is 0. The summed E-state index contributed by atoms with van der Waals surface area (Å²) in [6, 6.07) is 5.16. The number of methoxy groups -OCH3 is 1. The van der Waals surface area contributed by atoms with Gasteiger partial charge in [0.05, 0.1) is 30.3 Å². The quantitative estimate of drug-likeness (QED) is 0.592. The molecule has 2 rings (SSSR count). The molecule has 0 spiro atoms. The molecule has 0 amide bonds. The molecule has 0 aromatic heterocycles. The van der Waals surface area contributed by atoms with Crippen molar-refractivity contribution in [1.82, 2.24) is 0 Å². The van der Waals surface area contributed by atoms with Crippen LogP contribution >= 0.6 is 0 Å². The first-order valence-corrected chi connectivity index (χ1v) is 7.36. The molecule has 2 unspecified atom stereocenters. The molecule has 7 heteroatoms. The normalized spacial score (nSPS) is 21.7. The summed E-state index contributed by atoms with van der Waals surface area (Å²) in [5, 5.41) is 11.5. The van der Waals surface area contributed by atoms with E-state index in [1.54, 1.807) is 25.3 Å². The van der Waals surface area contributed by atoms with Crippen LogP contribution in [0.1, 0.15) is 13.8 Å².